The summed E-state index contributed by atoms with van der Waals surface area (Å²) < 4.78 is 8.11. The number of hydrogen-bond donors (Lipinski definition) is 1. The molecule has 2 rings (SSSR count). The van der Waals surface area contributed by atoms with Gasteiger partial charge in [0.15, 0.2) is 0 Å². The summed E-state index contributed by atoms with van der Waals surface area (Å²) in [5.41, 5.74) is 0.943. The fourth-order valence-corrected chi connectivity index (χ4v) is 3.53. The van der Waals surface area contributed by atoms with Crippen LogP contribution in [0.4, 0.5) is 0 Å². The van der Waals surface area contributed by atoms with Crippen molar-refractivity contribution in [2.75, 3.05) is 33.3 Å². The fraction of sp³-hybridized carbons (Fsp3) is 0.842. The smallest absolute Gasteiger partial charge is 0.222 e. The van der Waals surface area contributed by atoms with E-state index in [0.717, 1.165) is 25.2 Å². The molecular formula is C19H35N5O3. The van der Waals surface area contributed by atoms with Crippen LogP contribution in [0.1, 0.15) is 45.7 Å². The van der Waals surface area contributed by atoms with Crippen LogP contribution < -0.4 is 0 Å². The summed E-state index contributed by atoms with van der Waals surface area (Å²) in [5.74, 6) is 0.220. The van der Waals surface area contributed by atoms with E-state index in [0.29, 0.717) is 32.5 Å². The number of aliphatic hydroxyl groups is 1. The molecule has 8 heteroatoms. The number of aromatic nitrogens is 3. The fourth-order valence-electron chi connectivity index (χ4n) is 3.53. The van der Waals surface area contributed by atoms with E-state index in [1.165, 1.54) is 0 Å². The maximum absolute atomic E-state index is 12.8. The molecule has 1 amide bonds. The predicted octanol–water partition coefficient (Wildman–Crippen LogP) is 1.14. The Morgan fingerprint density at radius 3 is 2.96 bits per heavy atom. The molecule has 0 aliphatic carbocycles. The van der Waals surface area contributed by atoms with Gasteiger partial charge in [0.1, 0.15) is 0 Å². The first-order chi connectivity index (χ1) is 13.0. The molecule has 0 saturated heterocycles. The highest BCUT2D eigenvalue weighted by Gasteiger charge is 2.28. The van der Waals surface area contributed by atoms with Crippen LogP contribution in [0.3, 0.4) is 0 Å². The predicted molar refractivity (Wildman–Crippen MR) is 103 cm³/mol. The van der Waals surface area contributed by atoms with Crippen molar-refractivity contribution >= 4 is 5.91 Å². The first-order valence-electron chi connectivity index (χ1n) is 10.0. The Morgan fingerprint density at radius 2 is 2.26 bits per heavy atom. The van der Waals surface area contributed by atoms with Crippen molar-refractivity contribution in [1.29, 1.82) is 0 Å². The Hall–Kier alpha value is -1.51. The third-order valence-corrected chi connectivity index (χ3v) is 5.24. The molecule has 27 heavy (non-hydrogen) atoms. The number of ether oxygens (including phenoxy) is 1. The van der Waals surface area contributed by atoms with E-state index in [-0.39, 0.29) is 30.6 Å². The third-order valence-electron chi connectivity index (χ3n) is 5.24. The summed E-state index contributed by atoms with van der Waals surface area (Å²) in [4.78, 5) is 16.9. The normalized spacial score (nSPS) is 23.6. The highest BCUT2D eigenvalue weighted by Crippen LogP contribution is 2.18. The van der Waals surface area contributed by atoms with Gasteiger partial charge in [0.2, 0.25) is 5.91 Å². The summed E-state index contributed by atoms with van der Waals surface area (Å²) in [6.45, 7) is 9.63. The van der Waals surface area contributed by atoms with Crippen LogP contribution in [0.5, 0.6) is 0 Å². The molecule has 0 bridgehead atoms. The molecule has 1 aliphatic heterocycles. The lowest BCUT2D eigenvalue weighted by molar-refractivity contribution is -0.136. The summed E-state index contributed by atoms with van der Waals surface area (Å²) in [7, 11) is 2.10. The van der Waals surface area contributed by atoms with Crippen LogP contribution in [0.2, 0.25) is 0 Å². The molecule has 1 aromatic rings. The van der Waals surface area contributed by atoms with Gasteiger partial charge in [-0.05, 0) is 33.4 Å². The first kappa shape index (κ1) is 21.8. The quantitative estimate of drug-likeness (QED) is 0.796. The summed E-state index contributed by atoms with van der Waals surface area (Å²) in [6.07, 6.45) is 3.94. The summed E-state index contributed by atoms with van der Waals surface area (Å²) in [5, 5.41) is 17.7. The minimum absolute atomic E-state index is 0.0227. The van der Waals surface area contributed by atoms with Crippen LogP contribution >= 0.6 is 0 Å². The maximum atomic E-state index is 12.8. The second kappa shape index (κ2) is 10.7. The molecule has 2 heterocycles. The minimum atomic E-state index is -0.196. The lowest BCUT2D eigenvalue weighted by atomic mass is 10.0. The van der Waals surface area contributed by atoms with Crippen LogP contribution in [-0.2, 0) is 22.7 Å². The van der Waals surface area contributed by atoms with Crippen molar-refractivity contribution in [3.05, 3.63) is 11.9 Å². The lowest BCUT2D eigenvalue weighted by Gasteiger charge is -2.35. The molecule has 0 radical (unpaired) electrons. The molecule has 0 spiro atoms. The van der Waals surface area contributed by atoms with E-state index in [1.807, 2.05) is 16.5 Å². The van der Waals surface area contributed by atoms with Crippen molar-refractivity contribution in [2.45, 2.75) is 65.3 Å². The Bertz CT molecular complexity index is 579. The Morgan fingerprint density at radius 1 is 1.48 bits per heavy atom. The van der Waals surface area contributed by atoms with Gasteiger partial charge in [0.25, 0.3) is 0 Å². The number of hydrogen-bond acceptors (Lipinski definition) is 6. The number of amides is 1. The molecule has 3 atom stereocenters. The van der Waals surface area contributed by atoms with E-state index < -0.39 is 0 Å². The topological polar surface area (TPSA) is 83.7 Å². The Kier molecular flexibility index (Phi) is 8.66. The van der Waals surface area contributed by atoms with E-state index in [9.17, 15) is 9.90 Å². The van der Waals surface area contributed by atoms with Crippen molar-refractivity contribution in [3.63, 3.8) is 0 Å². The second-order valence-electron chi connectivity index (χ2n) is 7.72. The zero-order valence-electron chi connectivity index (χ0n) is 17.2. The van der Waals surface area contributed by atoms with Crippen molar-refractivity contribution < 1.29 is 14.6 Å². The molecule has 1 aliphatic rings. The van der Waals surface area contributed by atoms with Gasteiger partial charge >= 0.3 is 0 Å². The monoisotopic (exact) mass is 381 g/mol. The number of likely N-dealkylation sites (N-methyl/N-ethyl adjacent to an activating group) is 1. The van der Waals surface area contributed by atoms with Crippen LogP contribution in [0.15, 0.2) is 6.20 Å². The maximum Gasteiger partial charge on any atom is 0.222 e. The SMILES string of the molecule is CCCN(C)C[C@H]1OCc2cnnn2CCCC(=O)N([C@@H](C)CO)C[C@@H]1C. The van der Waals surface area contributed by atoms with E-state index in [1.54, 1.807) is 6.20 Å². The summed E-state index contributed by atoms with van der Waals surface area (Å²) in [6, 6.07) is -0.196. The molecule has 0 fully saturated rings. The van der Waals surface area contributed by atoms with Crippen molar-refractivity contribution in [3.8, 4) is 0 Å². The van der Waals surface area contributed by atoms with Crippen LogP contribution in [-0.4, -0.2) is 81.2 Å². The van der Waals surface area contributed by atoms with Gasteiger partial charge in [-0.2, -0.15) is 0 Å². The molecule has 0 unspecified atom stereocenters. The Balaban J connectivity index is 2.21. The van der Waals surface area contributed by atoms with Gasteiger partial charge in [-0.3, -0.25) is 4.79 Å². The van der Waals surface area contributed by atoms with Gasteiger partial charge in [0, 0.05) is 32.0 Å². The standard InChI is InChI=1S/C19H35N5O3/c1-5-8-22(4)12-18-15(2)11-23(16(3)13-25)19(26)7-6-9-24-17(14-27-18)10-20-21-24/h10,15-16,18,25H,5-9,11-14H2,1-4H3/t15-,16-,18+/m0/s1. The average Bonchev–Trinajstić information content (AvgIpc) is 3.08. The number of rotatable bonds is 6. The number of nitrogens with zero attached hydrogens (tertiary/aromatic N) is 5. The van der Waals surface area contributed by atoms with Crippen LogP contribution in [0, 0.1) is 5.92 Å². The number of fused-ring (bicyclic) bond motifs is 1. The molecule has 1 aromatic heterocycles. The highest BCUT2D eigenvalue weighted by atomic mass is 16.5. The number of aliphatic hydroxyl groups excluding tert-OH is 1. The zero-order chi connectivity index (χ0) is 19.8. The molecule has 8 nitrogen and oxygen atoms in total. The van der Waals surface area contributed by atoms with Gasteiger partial charge in [-0.25, -0.2) is 4.68 Å². The third kappa shape index (κ3) is 6.26. The van der Waals surface area contributed by atoms with E-state index in [2.05, 4.69) is 36.1 Å². The second-order valence-corrected chi connectivity index (χ2v) is 7.72. The first-order valence-corrected chi connectivity index (χ1v) is 10.0. The highest BCUT2D eigenvalue weighted by molar-refractivity contribution is 5.76. The van der Waals surface area contributed by atoms with Gasteiger partial charge in [-0.15, -0.1) is 5.10 Å². The van der Waals surface area contributed by atoms with Gasteiger partial charge in [-0.1, -0.05) is 19.1 Å². The molecule has 0 saturated carbocycles. The van der Waals surface area contributed by atoms with E-state index >= 15 is 0 Å². The number of carbonyl (C=O) groups is 1. The number of aryl methyl sites for hydroxylation is 1. The number of carbonyl (C=O) groups excluding carboxylic acids is 1. The van der Waals surface area contributed by atoms with Crippen LogP contribution in [0.25, 0.3) is 0 Å². The minimum Gasteiger partial charge on any atom is -0.394 e. The Labute approximate surface area is 162 Å². The lowest BCUT2D eigenvalue weighted by Crippen LogP contribution is -2.47. The van der Waals surface area contributed by atoms with Crippen molar-refractivity contribution in [1.82, 2.24) is 24.8 Å². The molecule has 154 valence electrons. The molecular weight excluding hydrogens is 346 g/mol. The van der Waals surface area contributed by atoms with Gasteiger partial charge in [0.05, 0.1) is 37.3 Å². The van der Waals surface area contributed by atoms with Gasteiger partial charge < -0.3 is 19.6 Å². The average molecular weight is 382 g/mol. The molecule has 0 aromatic carbocycles. The summed E-state index contributed by atoms with van der Waals surface area (Å²) >= 11 is 0. The zero-order valence-corrected chi connectivity index (χ0v) is 17.2. The largest absolute Gasteiger partial charge is 0.394 e. The molecule has 1 N–H and O–H groups in total. The van der Waals surface area contributed by atoms with Crippen molar-refractivity contribution in [2.24, 2.45) is 5.92 Å². The van der Waals surface area contributed by atoms with E-state index in [4.69, 9.17) is 4.74 Å².